The first kappa shape index (κ1) is 24.6. The molecule has 0 aliphatic carbocycles. The zero-order valence-corrected chi connectivity index (χ0v) is 17.4. The van der Waals surface area contributed by atoms with Crippen molar-refractivity contribution in [2.24, 2.45) is 0 Å². The van der Waals surface area contributed by atoms with Crippen LogP contribution >= 0.6 is 0 Å². The fraction of sp³-hybridized carbons (Fsp3) is 0.636. The number of carbonyl (C=O) groups excluding carboxylic acids is 2. The van der Waals surface area contributed by atoms with Gasteiger partial charge in [-0.3, -0.25) is 19.7 Å². The van der Waals surface area contributed by atoms with Gasteiger partial charge < -0.3 is 9.47 Å². The first-order chi connectivity index (χ1) is 14.0. The van der Waals surface area contributed by atoms with Crippen LogP contribution in [-0.4, -0.2) is 23.5 Å². The van der Waals surface area contributed by atoms with Crippen molar-refractivity contribution >= 4 is 17.6 Å². The predicted octanol–water partition coefficient (Wildman–Crippen LogP) is 5.74. The first-order valence-corrected chi connectivity index (χ1v) is 10.6. The number of para-hydroxylation sites is 2. The molecule has 0 unspecified atom stereocenters. The van der Waals surface area contributed by atoms with Crippen LogP contribution in [0, 0.1) is 10.1 Å². The van der Waals surface area contributed by atoms with E-state index in [1.165, 1.54) is 31.0 Å². The van der Waals surface area contributed by atoms with Crippen LogP contribution in [0.15, 0.2) is 24.3 Å². The molecule has 0 saturated heterocycles. The van der Waals surface area contributed by atoms with E-state index in [1.807, 2.05) is 0 Å². The number of nitro benzene ring substituents is 1. The molecule has 0 spiro atoms. The second-order valence-electron chi connectivity index (χ2n) is 7.10. The zero-order chi connectivity index (χ0) is 21.3. The molecule has 0 radical (unpaired) electrons. The molecule has 0 amide bonds. The van der Waals surface area contributed by atoms with Gasteiger partial charge in [0, 0.05) is 18.9 Å². The van der Waals surface area contributed by atoms with Crippen molar-refractivity contribution in [2.75, 3.05) is 6.61 Å². The van der Waals surface area contributed by atoms with Crippen molar-refractivity contribution in [2.45, 2.75) is 84.0 Å². The van der Waals surface area contributed by atoms with Crippen molar-refractivity contribution in [1.29, 1.82) is 0 Å². The summed E-state index contributed by atoms with van der Waals surface area (Å²) >= 11 is 0. The Balaban J connectivity index is 2.01. The van der Waals surface area contributed by atoms with Crippen LogP contribution in [0.3, 0.4) is 0 Å². The van der Waals surface area contributed by atoms with Crippen molar-refractivity contribution in [1.82, 2.24) is 0 Å². The van der Waals surface area contributed by atoms with Crippen LogP contribution in [0.4, 0.5) is 5.69 Å². The Labute approximate surface area is 172 Å². The molecule has 7 heteroatoms. The number of esters is 2. The van der Waals surface area contributed by atoms with Crippen LogP contribution in [0.2, 0.25) is 0 Å². The molecule has 0 heterocycles. The van der Waals surface area contributed by atoms with Crippen LogP contribution in [-0.2, 0) is 14.3 Å². The molecule has 0 saturated carbocycles. The summed E-state index contributed by atoms with van der Waals surface area (Å²) in [5.74, 6) is -0.583. The maximum Gasteiger partial charge on any atom is 0.311 e. The van der Waals surface area contributed by atoms with Gasteiger partial charge in [-0.2, -0.15) is 0 Å². The number of nitrogens with zero attached hydrogens (tertiary/aromatic N) is 1. The van der Waals surface area contributed by atoms with E-state index in [9.17, 15) is 19.7 Å². The third-order valence-electron chi connectivity index (χ3n) is 4.56. The minimum absolute atomic E-state index is 0.0141. The fourth-order valence-corrected chi connectivity index (χ4v) is 2.90. The van der Waals surface area contributed by atoms with Gasteiger partial charge in [-0.25, -0.2) is 0 Å². The van der Waals surface area contributed by atoms with E-state index in [0.717, 1.165) is 44.9 Å². The number of benzene rings is 1. The van der Waals surface area contributed by atoms with Crippen LogP contribution < -0.4 is 4.74 Å². The average Bonchev–Trinajstić information content (AvgIpc) is 2.70. The molecule has 0 aliphatic heterocycles. The van der Waals surface area contributed by atoms with Gasteiger partial charge in [0.25, 0.3) is 0 Å². The second-order valence-corrected chi connectivity index (χ2v) is 7.10. The Bertz CT molecular complexity index is 631. The van der Waals surface area contributed by atoms with E-state index >= 15 is 0 Å². The molecule has 7 nitrogen and oxygen atoms in total. The van der Waals surface area contributed by atoms with E-state index in [-0.39, 0.29) is 23.8 Å². The standard InChI is InChI=1S/C22H33NO6/c1-2-3-4-13-18-28-21(24)16-9-7-5-6-8-10-17-22(25)29-20-15-12-11-14-19(20)23(26)27/h11-12,14-15H,2-10,13,16-18H2,1H3. The van der Waals surface area contributed by atoms with Crippen molar-refractivity contribution < 1.29 is 24.0 Å². The molecule has 29 heavy (non-hydrogen) atoms. The molecule has 1 rings (SSSR count). The van der Waals surface area contributed by atoms with Crippen molar-refractivity contribution in [3.63, 3.8) is 0 Å². The maximum absolute atomic E-state index is 11.8. The SMILES string of the molecule is CCCCCCOC(=O)CCCCCCCCC(=O)Oc1ccccc1[N+](=O)[O-]. The number of nitro groups is 1. The molecular formula is C22H33NO6. The summed E-state index contributed by atoms with van der Waals surface area (Å²) < 4.78 is 10.3. The number of rotatable bonds is 16. The largest absolute Gasteiger partial charge is 0.466 e. The third-order valence-corrected chi connectivity index (χ3v) is 4.56. The summed E-state index contributed by atoms with van der Waals surface area (Å²) in [6.45, 7) is 2.68. The lowest BCUT2D eigenvalue weighted by molar-refractivity contribution is -0.385. The molecule has 0 bridgehead atoms. The van der Waals surface area contributed by atoms with Gasteiger partial charge in [-0.15, -0.1) is 0 Å². The highest BCUT2D eigenvalue weighted by Gasteiger charge is 2.16. The highest BCUT2D eigenvalue weighted by molar-refractivity contribution is 5.73. The summed E-state index contributed by atoms with van der Waals surface area (Å²) in [6, 6.07) is 5.86. The Morgan fingerprint density at radius 2 is 1.45 bits per heavy atom. The van der Waals surface area contributed by atoms with Gasteiger partial charge in [0.15, 0.2) is 0 Å². The molecule has 0 fully saturated rings. The van der Waals surface area contributed by atoms with E-state index < -0.39 is 10.9 Å². The zero-order valence-electron chi connectivity index (χ0n) is 17.4. The van der Waals surface area contributed by atoms with Crippen molar-refractivity contribution in [3.8, 4) is 5.75 Å². The van der Waals surface area contributed by atoms with Crippen molar-refractivity contribution in [3.05, 3.63) is 34.4 Å². The number of carbonyl (C=O) groups is 2. The van der Waals surface area contributed by atoms with E-state index in [2.05, 4.69) is 6.92 Å². The van der Waals surface area contributed by atoms with Gasteiger partial charge in [-0.05, 0) is 25.3 Å². The van der Waals surface area contributed by atoms with Crippen LogP contribution in [0.25, 0.3) is 0 Å². The molecule has 0 aromatic heterocycles. The molecule has 1 aromatic rings. The van der Waals surface area contributed by atoms with Gasteiger partial charge >= 0.3 is 17.6 Å². The minimum Gasteiger partial charge on any atom is -0.466 e. The number of hydrogen-bond acceptors (Lipinski definition) is 6. The van der Waals surface area contributed by atoms with E-state index in [1.54, 1.807) is 6.07 Å². The molecular weight excluding hydrogens is 374 g/mol. The van der Waals surface area contributed by atoms with Gasteiger partial charge in [-0.1, -0.05) is 64.0 Å². The first-order valence-electron chi connectivity index (χ1n) is 10.6. The van der Waals surface area contributed by atoms with E-state index in [4.69, 9.17) is 9.47 Å². The molecule has 162 valence electrons. The highest BCUT2D eigenvalue weighted by atomic mass is 16.6. The average molecular weight is 408 g/mol. The molecule has 0 atom stereocenters. The lowest BCUT2D eigenvalue weighted by Crippen LogP contribution is -2.08. The second kappa shape index (κ2) is 15.5. The fourth-order valence-electron chi connectivity index (χ4n) is 2.90. The highest BCUT2D eigenvalue weighted by Crippen LogP contribution is 2.26. The quantitative estimate of drug-likeness (QED) is 0.114. The molecule has 0 aliphatic rings. The van der Waals surface area contributed by atoms with Gasteiger partial charge in [0.2, 0.25) is 5.75 Å². The predicted molar refractivity (Wildman–Crippen MR) is 111 cm³/mol. The van der Waals surface area contributed by atoms with Gasteiger partial charge in [0.05, 0.1) is 11.5 Å². The maximum atomic E-state index is 11.8. The lowest BCUT2D eigenvalue weighted by Gasteiger charge is -2.06. The number of ether oxygens (including phenoxy) is 2. The monoisotopic (exact) mass is 407 g/mol. The van der Waals surface area contributed by atoms with Crippen LogP contribution in [0.5, 0.6) is 5.75 Å². The Morgan fingerprint density at radius 1 is 0.862 bits per heavy atom. The Morgan fingerprint density at radius 3 is 2.10 bits per heavy atom. The summed E-state index contributed by atoms with van der Waals surface area (Å²) in [6.07, 6.45) is 10.4. The van der Waals surface area contributed by atoms with Gasteiger partial charge in [0.1, 0.15) is 0 Å². The summed E-state index contributed by atoms with van der Waals surface area (Å²) in [5.41, 5.74) is -0.208. The lowest BCUT2D eigenvalue weighted by atomic mass is 10.1. The number of hydrogen-bond donors (Lipinski definition) is 0. The van der Waals surface area contributed by atoms with Crippen LogP contribution in [0.1, 0.15) is 84.0 Å². The normalized spacial score (nSPS) is 10.5. The Hall–Kier alpha value is -2.44. The summed E-state index contributed by atoms with van der Waals surface area (Å²) in [4.78, 5) is 33.8. The topological polar surface area (TPSA) is 95.7 Å². The minimum atomic E-state index is -0.565. The summed E-state index contributed by atoms with van der Waals surface area (Å²) in [5, 5.41) is 10.9. The molecule has 0 N–H and O–H groups in total. The number of unbranched alkanes of at least 4 members (excludes halogenated alkanes) is 8. The third kappa shape index (κ3) is 11.9. The summed E-state index contributed by atoms with van der Waals surface area (Å²) in [7, 11) is 0. The Kier molecular flexibility index (Phi) is 13.1. The molecule has 1 aromatic carbocycles. The smallest absolute Gasteiger partial charge is 0.311 e. The van der Waals surface area contributed by atoms with E-state index in [0.29, 0.717) is 19.4 Å².